The van der Waals surface area contributed by atoms with E-state index in [-0.39, 0.29) is 11.9 Å². The van der Waals surface area contributed by atoms with Crippen molar-refractivity contribution in [2.75, 3.05) is 4.90 Å². The average molecular weight is 511 g/mol. The van der Waals surface area contributed by atoms with Crippen molar-refractivity contribution in [2.45, 2.75) is 47.1 Å². The van der Waals surface area contributed by atoms with Crippen LogP contribution in [0.15, 0.2) is 53.1 Å². The van der Waals surface area contributed by atoms with Gasteiger partial charge >= 0.3 is 0 Å². The van der Waals surface area contributed by atoms with Gasteiger partial charge in [0.1, 0.15) is 6.04 Å². The Morgan fingerprint density at radius 3 is 2.13 bits per heavy atom. The van der Waals surface area contributed by atoms with Crippen molar-refractivity contribution in [1.82, 2.24) is 9.55 Å². The van der Waals surface area contributed by atoms with Gasteiger partial charge in [-0.1, -0.05) is 79.0 Å². The summed E-state index contributed by atoms with van der Waals surface area (Å²) >= 11 is 15.7. The van der Waals surface area contributed by atoms with Crippen molar-refractivity contribution >= 4 is 56.7 Å². The van der Waals surface area contributed by atoms with E-state index in [1.807, 2.05) is 63.5 Å². The van der Waals surface area contributed by atoms with Crippen LogP contribution in [0, 0.1) is 6.92 Å². The average Bonchev–Trinajstić information content (AvgIpc) is 3.23. The van der Waals surface area contributed by atoms with Crippen molar-refractivity contribution in [3.63, 3.8) is 0 Å². The van der Waals surface area contributed by atoms with Crippen LogP contribution >= 0.6 is 39.1 Å². The summed E-state index contributed by atoms with van der Waals surface area (Å²) in [6.45, 7) is 9.95. The number of benzene rings is 2. The molecule has 0 fully saturated rings. The molecule has 0 N–H and O–H groups in total. The van der Waals surface area contributed by atoms with Crippen molar-refractivity contribution in [2.24, 2.45) is 0 Å². The highest BCUT2D eigenvalue weighted by Crippen LogP contribution is 2.40. The van der Waals surface area contributed by atoms with Gasteiger partial charge in [-0.2, -0.15) is 0 Å². The van der Waals surface area contributed by atoms with Crippen LogP contribution in [0.1, 0.15) is 45.0 Å². The first-order chi connectivity index (χ1) is 14.4. The third-order valence-electron chi connectivity index (χ3n) is 4.43. The van der Waals surface area contributed by atoms with Crippen LogP contribution in [0.2, 0.25) is 10.0 Å². The fourth-order valence-electron chi connectivity index (χ4n) is 3.28. The zero-order valence-corrected chi connectivity index (χ0v) is 20.9. The minimum absolute atomic E-state index is 0.0440. The lowest BCUT2D eigenvalue weighted by Crippen LogP contribution is -2.26. The Labute approximate surface area is 197 Å². The number of aryl methyl sites for hydroxylation is 1. The lowest BCUT2D eigenvalue weighted by Gasteiger charge is -2.16. The van der Waals surface area contributed by atoms with E-state index in [1.165, 1.54) is 0 Å². The van der Waals surface area contributed by atoms with Crippen LogP contribution in [0.4, 0.5) is 11.6 Å². The molecule has 0 radical (unpaired) electrons. The van der Waals surface area contributed by atoms with Gasteiger partial charge in [-0.05, 0) is 42.8 Å². The van der Waals surface area contributed by atoms with Crippen molar-refractivity contribution in [1.29, 1.82) is 0 Å². The lowest BCUT2D eigenvalue weighted by atomic mass is 10.1. The third kappa shape index (κ3) is 5.08. The van der Waals surface area contributed by atoms with Gasteiger partial charge in [0.2, 0.25) is 5.95 Å². The highest BCUT2D eigenvalue weighted by molar-refractivity contribution is 9.10. The smallest absolute Gasteiger partial charge is 0.257 e. The fourth-order valence-corrected chi connectivity index (χ4v) is 4.05. The molecule has 0 spiro atoms. The van der Waals surface area contributed by atoms with Crippen molar-refractivity contribution < 1.29 is 4.79 Å². The molecule has 1 atom stereocenters. The van der Waals surface area contributed by atoms with Crippen LogP contribution in [0.3, 0.4) is 0 Å². The molecule has 1 amide bonds. The molecular weight excluding hydrogens is 485 g/mol. The number of rotatable bonds is 3. The standard InChI is InChI=1S/C19H14BrCl2N3O.2C2H6/c1-11-10-23-19-24(11)17(6-12-2-4-13(20)5-3-12)18(26)25(19)16-8-14(21)7-15(22)9-16;2*1-2/h2-5,7-10,17H,6H2,1H3;2*1-2H3. The Bertz CT molecular complexity index is 982. The maximum absolute atomic E-state index is 13.2. The molecule has 1 aromatic heterocycles. The Morgan fingerprint density at radius 1 is 1.00 bits per heavy atom. The molecule has 1 unspecified atom stereocenters. The Kier molecular flexibility index (Phi) is 8.95. The summed E-state index contributed by atoms with van der Waals surface area (Å²) in [7, 11) is 0. The summed E-state index contributed by atoms with van der Waals surface area (Å²) in [6, 6.07) is 12.7. The quantitative estimate of drug-likeness (QED) is 0.360. The van der Waals surface area contributed by atoms with E-state index >= 15 is 0 Å². The van der Waals surface area contributed by atoms with E-state index < -0.39 is 0 Å². The number of fused-ring (bicyclic) bond motifs is 1. The summed E-state index contributed by atoms with van der Waals surface area (Å²) in [5, 5.41) is 0.956. The van der Waals surface area contributed by atoms with E-state index in [0.717, 1.165) is 15.7 Å². The molecule has 0 saturated heterocycles. The first kappa shape index (κ1) is 24.4. The molecule has 160 valence electrons. The first-order valence-corrected chi connectivity index (χ1v) is 11.6. The number of amides is 1. The molecule has 1 aliphatic rings. The largest absolute Gasteiger partial charge is 0.301 e. The molecule has 3 aromatic rings. The number of imidazole rings is 1. The molecule has 2 heterocycles. The predicted octanol–water partition coefficient (Wildman–Crippen LogP) is 7.78. The molecule has 0 bridgehead atoms. The van der Waals surface area contributed by atoms with Crippen LogP contribution < -0.4 is 4.90 Å². The molecule has 7 heteroatoms. The molecular formula is C23H26BrCl2N3O. The van der Waals surface area contributed by atoms with Gasteiger partial charge in [0.15, 0.2) is 0 Å². The second kappa shape index (κ2) is 11.0. The summed E-state index contributed by atoms with van der Waals surface area (Å²) in [5.74, 6) is 0.547. The Morgan fingerprint density at radius 2 is 1.57 bits per heavy atom. The molecule has 0 saturated carbocycles. The lowest BCUT2D eigenvalue weighted by molar-refractivity contribution is -0.119. The SMILES string of the molecule is CC.CC.Cc1cnc2n1C(Cc1ccc(Br)cc1)C(=O)N2c1cc(Cl)cc(Cl)c1. The number of hydrogen-bond acceptors (Lipinski definition) is 2. The van der Waals surface area contributed by atoms with E-state index in [9.17, 15) is 4.79 Å². The minimum Gasteiger partial charge on any atom is -0.301 e. The number of hydrogen-bond donors (Lipinski definition) is 0. The minimum atomic E-state index is -0.355. The molecule has 0 aliphatic carbocycles. The maximum Gasteiger partial charge on any atom is 0.257 e. The highest BCUT2D eigenvalue weighted by atomic mass is 79.9. The third-order valence-corrected chi connectivity index (χ3v) is 5.39. The summed E-state index contributed by atoms with van der Waals surface area (Å²) < 4.78 is 2.98. The van der Waals surface area contributed by atoms with Gasteiger partial charge in [-0.3, -0.25) is 4.79 Å². The van der Waals surface area contributed by atoms with Gasteiger partial charge in [0.05, 0.1) is 11.9 Å². The molecule has 2 aromatic carbocycles. The first-order valence-electron chi connectivity index (χ1n) is 10.0. The van der Waals surface area contributed by atoms with E-state index in [2.05, 4.69) is 20.9 Å². The van der Waals surface area contributed by atoms with Gasteiger partial charge in [0.25, 0.3) is 5.91 Å². The monoisotopic (exact) mass is 509 g/mol. The number of nitrogens with zero attached hydrogens (tertiary/aromatic N) is 3. The molecule has 30 heavy (non-hydrogen) atoms. The van der Waals surface area contributed by atoms with Gasteiger partial charge in [-0.25, -0.2) is 9.88 Å². The fraction of sp³-hybridized carbons (Fsp3) is 0.304. The zero-order chi connectivity index (χ0) is 22.4. The van der Waals surface area contributed by atoms with E-state index in [0.29, 0.717) is 28.1 Å². The number of anilines is 2. The summed E-state index contributed by atoms with van der Waals surface area (Å²) in [5.41, 5.74) is 2.64. The number of halogens is 3. The number of aromatic nitrogens is 2. The van der Waals surface area contributed by atoms with Crippen LogP contribution in [0.5, 0.6) is 0 Å². The molecule has 4 nitrogen and oxygen atoms in total. The van der Waals surface area contributed by atoms with E-state index in [1.54, 1.807) is 29.3 Å². The van der Waals surface area contributed by atoms with Crippen LogP contribution in [0.25, 0.3) is 0 Å². The molecule has 4 rings (SSSR count). The number of carbonyl (C=O) groups is 1. The normalized spacial score (nSPS) is 14.5. The van der Waals surface area contributed by atoms with Crippen molar-refractivity contribution in [3.8, 4) is 0 Å². The second-order valence-corrected chi connectivity index (χ2v) is 8.01. The highest BCUT2D eigenvalue weighted by Gasteiger charge is 2.40. The van der Waals surface area contributed by atoms with Crippen LogP contribution in [-0.4, -0.2) is 15.5 Å². The topological polar surface area (TPSA) is 38.1 Å². The summed E-state index contributed by atoms with van der Waals surface area (Å²) in [4.78, 5) is 19.3. The molecule has 1 aliphatic heterocycles. The Hall–Kier alpha value is -1.82. The predicted molar refractivity (Wildman–Crippen MR) is 130 cm³/mol. The maximum atomic E-state index is 13.2. The van der Waals surface area contributed by atoms with Crippen LogP contribution in [-0.2, 0) is 11.2 Å². The van der Waals surface area contributed by atoms with E-state index in [4.69, 9.17) is 23.2 Å². The Balaban J connectivity index is 0.000000757. The van der Waals surface area contributed by atoms with Gasteiger partial charge in [-0.15, -0.1) is 0 Å². The summed E-state index contributed by atoms with van der Waals surface area (Å²) in [6.07, 6.45) is 2.36. The number of carbonyl (C=O) groups excluding carboxylic acids is 1. The van der Waals surface area contributed by atoms with Crippen molar-refractivity contribution in [3.05, 3.63) is 74.4 Å². The second-order valence-electron chi connectivity index (χ2n) is 6.22. The zero-order valence-electron chi connectivity index (χ0n) is 17.8. The van der Waals surface area contributed by atoms with Gasteiger partial charge in [0, 0.05) is 26.6 Å². The van der Waals surface area contributed by atoms with Gasteiger partial charge < -0.3 is 4.57 Å².